The van der Waals surface area contributed by atoms with Crippen LogP contribution in [0.4, 0.5) is 0 Å². The highest BCUT2D eigenvalue weighted by Gasteiger charge is 2.35. The Balaban J connectivity index is 1.33. The smallest absolute Gasteiger partial charge is 0.289 e. The van der Waals surface area contributed by atoms with Gasteiger partial charge in [0.1, 0.15) is 11.3 Å². The molecule has 0 aromatic carbocycles. The molecule has 1 N–H and O–H groups in total. The molecule has 0 saturated carbocycles. The Kier molecular flexibility index (Phi) is 4.11. The highest BCUT2D eigenvalue weighted by molar-refractivity contribution is 5.98. The molecular weight excluding hydrogens is 344 g/mol. The highest BCUT2D eigenvalue weighted by atomic mass is 16.3. The van der Waals surface area contributed by atoms with Crippen LogP contribution < -0.4 is 5.32 Å². The summed E-state index contributed by atoms with van der Waals surface area (Å²) >= 11 is 0. The first kappa shape index (κ1) is 16.7. The second kappa shape index (κ2) is 6.64. The van der Waals surface area contributed by atoms with Crippen LogP contribution in [0.3, 0.4) is 0 Å². The third-order valence-electron chi connectivity index (χ3n) is 6.21. The molecule has 27 heavy (non-hydrogen) atoms. The lowest BCUT2D eigenvalue weighted by Crippen LogP contribution is -2.57. The van der Waals surface area contributed by atoms with Crippen LogP contribution >= 0.6 is 0 Å². The number of rotatable bonds is 3. The molecule has 6 heterocycles. The van der Waals surface area contributed by atoms with Crippen LogP contribution in [0.25, 0.3) is 11.0 Å². The molecule has 4 aliphatic heterocycles. The van der Waals surface area contributed by atoms with Crippen molar-refractivity contribution in [1.82, 2.24) is 20.1 Å². The molecule has 4 saturated heterocycles. The van der Waals surface area contributed by atoms with Crippen LogP contribution in [0, 0.1) is 5.92 Å². The van der Waals surface area contributed by atoms with Gasteiger partial charge in [0, 0.05) is 43.3 Å². The minimum absolute atomic E-state index is 0.0815. The van der Waals surface area contributed by atoms with E-state index in [0.717, 1.165) is 63.8 Å². The van der Waals surface area contributed by atoms with E-state index >= 15 is 0 Å². The first-order valence-electron chi connectivity index (χ1n) is 9.89. The number of hydrogen-bond acceptors (Lipinski definition) is 5. The van der Waals surface area contributed by atoms with E-state index in [9.17, 15) is 9.59 Å². The van der Waals surface area contributed by atoms with Crippen molar-refractivity contribution in [3.05, 3.63) is 29.8 Å². The fourth-order valence-corrected chi connectivity index (χ4v) is 4.61. The zero-order valence-electron chi connectivity index (χ0n) is 15.3. The number of amides is 2. The van der Waals surface area contributed by atoms with E-state index in [1.807, 2.05) is 4.90 Å². The van der Waals surface area contributed by atoms with E-state index in [4.69, 9.17) is 4.42 Å². The zero-order valence-corrected chi connectivity index (χ0v) is 15.3. The lowest BCUT2D eigenvalue weighted by molar-refractivity contribution is 0.0617. The first-order valence-corrected chi connectivity index (χ1v) is 9.89. The van der Waals surface area contributed by atoms with Gasteiger partial charge in [-0.2, -0.15) is 0 Å². The molecule has 1 atom stereocenters. The second-order valence-corrected chi connectivity index (χ2v) is 7.94. The van der Waals surface area contributed by atoms with Gasteiger partial charge in [-0.05, 0) is 50.8 Å². The van der Waals surface area contributed by atoms with Crippen LogP contribution in [-0.4, -0.2) is 65.4 Å². The third-order valence-corrected chi connectivity index (χ3v) is 6.21. The molecule has 0 spiro atoms. The van der Waals surface area contributed by atoms with E-state index in [1.165, 1.54) is 0 Å². The van der Waals surface area contributed by atoms with Crippen molar-refractivity contribution in [2.75, 3.05) is 32.7 Å². The van der Waals surface area contributed by atoms with Gasteiger partial charge < -0.3 is 19.5 Å². The van der Waals surface area contributed by atoms with Gasteiger partial charge in [-0.25, -0.2) is 0 Å². The van der Waals surface area contributed by atoms with Crippen molar-refractivity contribution in [3.8, 4) is 0 Å². The zero-order chi connectivity index (χ0) is 18.4. The predicted molar refractivity (Wildman–Crippen MR) is 99.6 cm³/mol. The lowest BCUT2D eigenvalue weighted by atomic mass is 9.84. The molecule has 4 aliphatic rings. The minimum atomic E-state index is -0.167. The quantitative estimate of drug-likeness (QED) is 0.895. The van der Waals surface area contributed by atoms with Gasteiger partial charge in [0.2, 0.25) is 0 Å². The fourth-order valence-electron chi connectivity index (χ4n) is 4.61. The molecule has 7 nitrogen and oxygen atoms in total. The number of furan rings is 1. The van der Waals surface area contributed by atoms with E-state index in [2.05, 4.69) is 15.2 Å². The summed E-state index contributed by atoms with van der Waals surface area (Å²) in [4.78, 5) is 33.7. The van der Waals surface area contributed by atoms with E-state index in [1.54, 1.807) is 18.3 Å². The average Bonchev–Trinajstić information content (AvgIpc) is 3.37. The Bertz CT molecular complexity index is 878. The number of pyridine rings is 1. The average molecular weight is 368 g/mol. The Morgan fingerprint density at radius 2 is 1.89 bits per heavy atom. The van der Waals surface area contributed by atoms with Crippen LogP contribution in [0.2, 0.25) is 0 Å². The molecule has 2 amide bonds. The van der Waals surface area contributed by atoms with Gasteiger partial charge in [0.05, 0.1) is 0 Å². The van der Waals surface area contributed by atoms with Crippen molar-refractivity contribution >= 4 is 22.8 Å². The van der Waals surface area contributed by atoms with E-state index in [0.29, 0.717) is 23.0 Å². The molecule has 2 aromatic rings. The van der Waals surface area contributed by atoms with Crippen LogP contribution in [0.1, 0.15) is 46.7 Å². The van der Waals surface area contributed by atoms with Crippen molar-refractivity contribution < 1.29 is 14.0 Å². The van der Waals surface area contributed by atoms with Gasteiger partial charge >= 0.3 is 0 Å². The number of aromatic nitrogens is 1. The second-order valence-electron chi connectivity index (χ2n) is 7.94. The number of fused-ring (bicyclic) bond motifs is 4. The summed E-state index contributed by atoms with van der Waals surface area (Å²) < 4.78 is 5.75. The molecule has 0 unspecified atom stereocenters. The largest absolute Gasteiger partial charge is 0.451 e. The molecule has 142 valence electrons. The fraction of sp³-hybridized carbons (Fsp3) is 0.550. The summed E-state index contributed by atoms with van der Waals surface area (Å²) in [6.07, 6.45) is 6.00. The number of carbonyl (C=O) groups excluding carboxylic acids is 2. The monoisotopic (exact) mass is 368 g/mol. The van der Waals surface area contributed by atoms with Gasteiger partial charge in [-0.15, -0.1) is 0 Å². The summed E-state index contributed by atoms with van der Waals surface area (Å²) in [6, 6.07) is 3.56. The first-order chi connectivity index (χ1) is 13.2. The van der Waals surface area contributed by atoms with Crippen molar-refractivity contribution in [2.45, 2.75) is 31.7 Å². The molecule has 4 fully saturated rings. The predicted octanol–water partition coefficient (Wildman–Crippen LogP) is 1.89. The third kappa shape index (κ3) is 3.10. The van der Waals surface area contributed by atoms with E-state index in [-0.39, 0.29) is 17.9 Å². The summed E-state index contributed by atoms with van der Waals surface area (Å²) in [5.41, 5.74) is 0.875. The SMILES string of the molecule is O=C(N[C@H]1CN2CCC1CC2)c1cc2oc(C(=O)N3CCCC3)cc2cn1. The van der Waals surface area contributed by atoms with Gasteiger partial charge in [0.15, 0.2) is 5.76 Å². The molecule has 0 radical (unpaired) electrons. The number of hydrogen-bond donors (Lipinski definition) is 1. The molecule has 2 bridgehead atoms. The highest BCUT2D eigenvalue weighted by Crippen LogP contribution is 2.28. The molecule has 2 aromatic heterocycles. The van der Waals surface area contributed by atoms with Crippen LogP contribution in [-0.2, 0) is 0 Å². The summed E-state index contributed by atoms with van der Waals surface area (Å²) in [7, 11) is 0. The van der Waals surface area contributed by atoms with E-state index < -0.39 is 0 Å². The Morgan fingerprint density at radius 3 is 2.59 bits per heavy atom. The Hall–Kier alpha value is -2.41. The number of nitrogens with zero attached hydrogens (tertiary/aromatic N) is 3. The molecule has 0 aliphatic carbocycles. The number of carbonyl (C=O) groups is 2. The van der Waals surface area contributed by atoms with Gasteiger partial charge in [-0.3, -0.25) is 14.6 Å². The Morgan fingerprint density at radius 1 is 1.11 bits per heavy atom. The molecule has 7 heteroatoms. The summed E-state index contributed by atoms with van der Waals surface area (Å²) in [6.45, 7) is 4.76. The lowest BCUT2D eigenvalue weighted by Gasteiger charge is -2.44. The maximum Gasteiger partial charge on any atom is 0.289 e. The normalized spacial score (nSPS) is 27.3. The summed E-state index contributed by atoms with van der Waals surface area (Å²) in [5.74, 6) is 0.640. The Labute approximate surface area is 157 Å². The van der Waals surface area contributed by atoms with Crippen molar-refractivity contribution in [3.63, 3.8) is 0 Å². The van der Waals surface area contributed by atoms with Gasteiger partial charge in [0.25, 0.3) is 11.8 Å². The number of likely N-dealkylation sites (tertiary alicyclic amines) is 1. The standard InChI is InChI=1S/C20H24N4O3/c25-19(22-16-12-23-7-3-13(16)4-8-23)15-10-17-14(11-21-15)9-18(27-17)20(26)24-5-1-2-6-24/h9-11,13,16H,1-8,12H2,(H,22,25)/t16-/m0/s1. The van der Waals surface area contributed by atoms with Gasteiger partial charge in [-0.1, -0.05) is 0 Å². The summed E-state index contributed by atoms with van der Waals surface area (Å²) in [5, 5.41) is 3.89. The van der Waals surface area contributed by atoms with Crippen LogP contribution in [0.5, 0.6) is 0 Å². The minimum Gasteiger partial charge on any atom is -0.451 e. The molecule has 6 rings (SSSR count). The molecular formula is C20H24N4O3. The van der Waals surface area contributed by atoms with Crippen LogP contribution in [0.15, 0.2) is 22.7 Å². The maximum absolute atomic E-state index is 12.7. The number of nitrogens with one attached hydrogen (secondary N) is 1. The topological polar surface area (TPSA) is 78.7 Å². The van der Waals surface area contributed by atoms with Crippen molar-refractivity contribution in [2.24, 2.45) is 5.92 Å². The van der Waals surface area contributed by atoms with Crippen molar-refractivity contribution in [1.29, 1.82) is 0 Å². The number of piperidine rings is 3. The maximum atomic E-state index is 12.7.